The molecule has 0 aromatic heterocycles. The van der Waals surface area contributed by atoms with Crippen LogP contribution in [0.1, 0.15) is 44.7 Å². The molecule has 0 fully saturated rings. The lowest BCUT2D eigenvalue weighted by molar-refractivity contribution is 0.622. The second kappa shape index (κ2) is 6.02. The Labute approximate surface area is 91.1 Å². The molecule has 1 aromatic rings. The molecule has 0 spiro atoms. The monoisotopic (exact) mass is 216 g/mol. The number of aryl methyl sites for hydroxylation is 1. The normalized spacial score (nSPS) is 9.71. The van der Waals surface area contributed by atoms with Gasteiger partial charge in [-0.3, -0.25) is 0 Å². The van der Waals surface area contributed by atoms with Gasteiger partial charge < -0.3 is 0 Å². The Balaban J connectivity index is 0.000000791. The lowest BCUT2D eigenvalue weighted by atomic mass is 10.0. The van der Waals surface area contributed by atoms with Gasteiger partial charge in [-0.25, -0.2) is 4.39 Å². The Kier molecular flexibility index (Phi) is 5.78. The highest BCUT2D eigenvalue weighted by Gasteiger charge is 2.08. The molecule has 0 heterocycles. The first kappa shape index (κ1) is 13.4. The lowest BCUT2D eigenvalue weighted by Crippen LogP contribution is -1.92. The Morgan fingerprint density at radius 3 is 2.14 bits per heavy atom. The number of halogens is 2. The summed E-state index contributed by atoms with van der Waals surface area (Å²) >= 11 is 5.99. The van der Waals surface area contributed by atoms with Crippen LogP contribution in [0, 0.1) is 12.7 Å². The van der Waals surface area contributed by atoms with Crippen molar-refractivity contribution in [2.45, 2.75) is 40.5 Å². The summed E-state index contributed by atoms with van der Waals surface area (Å²) in [6.45, 7) is 9.82. The Hall–Kier alpha value is -0.560. The fraction of sp³-hybridized carbons (Fsp3) is 0.500. The van der Waals surface area contributed by atoms with E-state index in [2.05, 4.69) is 0 Å². The molecule has 0 atom stereocenters. The fourth-order valence-corrected chi connectivity index (χ4v) is 1.50. The van der Waals surface area contributed by atoms with Crippen molar-refractivity contribution in [3.05, 3.63) is 34.1 Å². The van der Waals surface area contributed by atoms with Gasteiger partial charge in [0.15, 0.2) is 0 Å². The first-order valence-corrected chi connectivity index (χ1v) is 5.35. The Morgan fingerprint density at radius 1 is 1.21 bits per heavy atom. The van der Waals surface area contributed by atoms with Gasteiger partial charge in [0.1, 0.15) is 5.82 Å². The highest BCUT2D eigenvalue weighted by molar-refractivity contribution is 6.32. The summed E-state index contributed by atoms with van der Waals surface area (Å²) in [6.07, 6.45) is 0. The predicted molar refractivity (Wildman–Crippen MR) is 61.6 cm³/mol. The van der Waals surface area contributed by atoms with Crippen molar-refractivity contribution in [3.8, 4) is 0 Å². The van der Waals surface area contributed by atoms with Gasteiger partial charge >= 0.3 is 0 Å². The maximum atomic E-state index is 12.9. The van der Waals surface area contributed by atoms with Crippen LogP contribution in [0.2, 0.25) is 5.02 Å². The first-order valence-electron chi connectivity index (χ1n) is 4.98. The van der Waals surface area contributed by atoms with Crippen LogP contribution in [0.15, 0.2) is 12.1 Å². The molecule has 2 heteroatoms. The second-order valence-electron chi connectivity index (χ2n) is 3.28. The molecular formula is C12H18ClF. The molecule has 0 bridgehead atoms. The fourth-order valence-electron chi connectivity index (χ4n) is 1.17. The molecule has 14 heavy (non-hydrogen) atoms. The third-order valence-corrected chi connectivity index (χ3v) is 2.39. The van der Waals surface area contributed by atoms with E-state index in [9.17, 15) is 4.39 Å². The molecule has 0 nitrogen and oxygen atoms in total. The van der Waals surface area contributed by atoms with E-state index in [1.807, 2.05) is 34.6 Å². The molecule has 0 saturated heterocycles. The molecule has 1 aromatic carbocycles. The predicted octanol–water partition coefficient (Wildman–Crippen LogP) is 4.94. The molecule has 0 aliphatic carbocycles. The van der Waals surface area contributed by atoms with Crippen molar-refractivity contribution in [1.82, 2.24) is 0 Å². The van der Waals surface area contributed by atoms with Crippen LogP contribution in [-0.2, 0) is 0 Å². The van der Waals surface area contributed by atoms with E-state index in [0.717, 1.165) is 11.1 Å². The lowest BCUT2D eigenvalue weighted by Gasteiger charge is -2.10. The maximum Gasteiger partial charge on any atom is 0.123 e. The van der Waals surface area contributed by atoms with E-state index in [1.165, 1.54) is 12.1 Å². The van der Waals surface area contributed by atoms with Crippen molar-refractivity contribution in [3.63, 3.8) is 0 Å². The number of hydrogen-bond donors (Lipinski definition) is 0. The maximum absolute atomic E-state index is 12.9. The second-order valence-corrected chi connectivity index (χ2v) is 3.66. The first-order chi connectivity index (χ1) is 6.52. The standard InChI is InChI=1S/C10H12ClF.C2H6/c1-6(2)9-5-8(12)4-7(3)10(9)11;1-2/h4-6H,1-3H3;1-2H3. The van der Waals surface area contributed by atoms with Crippen LogP contribution in [-0.4, -0.2) is 0 Å². The van der Waals surface area contributed by atoms with E-state index in [4.69, 9.17) is 11.6 Å². The SMILES string of the molecule is CC.Cc1cc(F)cc(C(C)C)c1Cl. The van der Waals surface area contributed by atoms with E-state index in [0.29, 0.717) is 5.02 Å². The van der Waals surface area contributed by atoms with Crippen molar-refractivity contribution in [1.29, 1.82) is 0 Å². The van der Waals surface area contributed by atoms with Gasteiger partial charge in [0.05, 0.1) is 0 Å². The molecule has 80 valence electrons. The third-order valence-electron chi connectivity index (χ3n) is 1.87. The number of rotatable bonds is 1. The summed E-state index contributed by atoms with van der Waals surface area (Å²) in [7, 11) is 0. The van der Waals surface area contributed by atoms with Gasteiger partial charge in [0, 0.05) is 5.02 Å². The van der Waals surface area contributed by atoms with Gasteiger partial charge in [0.2, 0.25) is 0 Å². The Bertz CT molecular complexity index is 293. The quantitative estimate of drug-likeness (QED) is 0.624. The molecule has 0 unspecified atom stereocenters. The van der Waals surface area contributed by atoms with E-state index in [1.54, 1.807) is 0 Å². The molecule has 0 aliphatic rings. The number of benzene rings is 1. The molecular weight excluding hydrogens is 199 g/mol. The van der Waals surface area contributed by atoms with E-state index < -0.39 is 0 Å². The Morgan fingerprint density at radius 2 is 1.71 bits per heavy atom. The highest BCUT2D eigenvalue weighted by Crippen LogP contribution is 2.27. The smallest absolute Gasteiger partial charge is 0.123 e. The zero-order valence-electron chi connectivity index (χ0n) is 9.49. The zero-order chi connectivity index (χ0) is 11.3. The van der Waals surface area contributed by atoms with E-state index >= 15 is 0 Å². The summed E-state index contributed by atoms with van der Waals surface area (Å²) in [5.74, 6) is 0.0625. The van der Waals surface area contributed by atoms with E-state index in [-0.39, 0.29) is 11.7 Å². The van der Waals surface area contributed by atoms with Crippen LogP contribution in [0.4, 0.5) is 4.39 Å². The summed E-state index contributed by atoms with van der Waals surface area (Å²) in [5.41, 5.74) is 1.69. The minimum absolute atomic E-state index is 0.208. The summed E-state index contributed by atoms with van der Waals surface area (Å²) in [4.78, 5) is 0. The zero-order valence-corrected chi connectivity index (χ0v) is 10.2. The number of hydrogen-bond acceptors (Lipinski definition) is 0. The van der Waals surface area contributed by atoms with Gasteiger partial charge in [-0.05, 0) is 36.1 Å². The summed E-state index contributed by atoms with van der Waals surface area (Å²) < 4.78 is 12.9. The minimum Gasteiger partial charge on any atom is -0.207 e. The molecule has 1 rings (SSSR count). The van der Waals surface area contributed by atoms with Crippen LogP contribution < -0.4 is 0 Å². The van der Waals surface area contributed by atoms with Crippen molar-refractivity contribution in [2.24, 2.45) is 0 Å². The van der Waals surface area contributed by atoms with Crippen molar-refractivity contribution < 1.29 is 4.39 Å². The van der Waals surface area contributed by atoms with Crippen LogP contribution in [0.25, 0.3) is 0 Å². The molecule has 0 N–H and O–H groups in total. The van der Waals surface area contributed by atoms with Crippen LogP contribution in [0.3, 0.4) is 0 Å². The summed E-state index contributed by atoms with van der Waals surface area (Å²) in [6, 6.07) is 2.95. The van der Waals surface area contributed by atoms with Crippen molar-refractivity contribution in [2.75, 3.05) is 0 Å². The molecule has 0 radical (unpaired) electrons. The van der Waals surface area contributed by atoms with Gasteiger partial charge in [0.25, 0.3) is 0 Å². The largest absolute Gasteiger partial charge is 0.207 e. The highest BCUT2D eigenvalue weighted by atomic mass is 35.5. The average molecular weight is 217 g/mol. The van der Waals surface area contributed by atoms with Gasteiger partial charge in [-0.15, -0.1) is 0 Å². The average Bonchev–Trinajstić information content (AvgIpc) is 2.14. The molecule has 0 aliphatic heterocycles. The van der Waals surface area contributed by atoms with Crippen LogP contribution in [0.5, 0.6) is 0 Å². The third kappa shape index (κ3) is 3.30. The van der Waals surface area contributed by atoms with Gasteiger partial charge in [-0.1, -0.05) is 39.3 Å². The molecule has 0 saturated carbocycles. The topological polar surface area (TPSA) is 0 Å². The minimum atomic E-state index is -0.208. The van der Waals surface area contributed by atoms with Gasteiger partial charge in [-0.2, -0.15) is 0 Å². The van der Waals surface area contributed by atoms with Crippen LogP contribution >= 0.6 is 11.6 Å². The summed E-state index contributed by atoms with van der Waals surface area (Å²) in [5, 5.41) is 0.686. The van der Waals surface area contributed by atoms with Crippen molar-refractivity contribution >= 4 is 11.6 Å². The molecule has 0 amide bonds.